The summed E-state index contributed by atoms with van der Waals surface area (Å²) in [4.78, 5) is 25.4. The first-order valence-electron chi connectivity index (χ1n) is 8.37. The molecule has 1 amide bonds. The van der Waals surface area contributed by atoms with Crippen LogP contribution in [0.3, 0.4) is 0 Å². The van der Waals surface area contributed by atoms with Gasteiger partial charge in [0.25, 0.3) is 5.91 Å². The summed E-state index contributed by atoms with van der Waals surface area (Å²) in [6.45, 7) is 4.89. The number of nitrogens with zero attached hydrogens (tertiary/aromatic N) is 1. The SMILES string of the molecule is C=CCc1cc(C(=O)N2CCC(CC(=O)O)CC2)cc(OC)c1OC. The van der Waals surface area contributed by atoms with Crippen molar-refractivity contribution in [2.24, 2.45) is 5.92 Å². The van der Waals surface area contributed by atoms with Crippen molar-refractivity contribution in [3.63, 3.8) is 0 Å². The summed E-state index contributed by atoms with van der Waals surface area (Å²) in [5.74, 6) is 0.423. The molecule has 0 aromatic heterocycles. The molecule has 1 aliphatic heterocycles. The average Bonchev–Trinajstić information content (AvgIpc) is 2.60. The number of methoxy groups -OCH3 is 2. The van der Waals surface area contributed by atoms with Crippen LogP contribution in [0.4, 0.5) is 0 Å². The molecule has 0 saturated carbocycles. The summed E-state index contributed by atoms with van der Waals surface area (Å²) in [5, 5.41) is 8.89. The van der Waals surface area contributed by atoms with Gasteiger partial charge in [-0.15, -0.1) is 6.58 Å². The van der Waals surface area contributed by atoms with Crippen molar-refractivity contribution < 1.29 is 24.2 Å². The maximum Gasteiger partial charge on any atom is 0.303 e. The van der Waals surface area contributed by atoms with Crippen LogP contribution >= 0.6 is 0 Å². The second-order valence-electron chi connectivity index (χ2n) is 6.20. The molecule has 1 aliphatic rings. The Morgan fingerprint density at radius 1 is 1.28 bits per heavy atom. The zero-order valence-electron chi connectivity index (χ0n) is 14.8. The van der Waals surface area contributed by atoms with Gasteiger partial charge in [0.2, 0.25) is 0 Å². The summed E-state index contributed by atoms with van der Waals surface area (Å²) >= 11 is 0. The molecule has 25 heavy (non-hydrogen) atoms. The molecule has 2 rings (SSSR count). The quantitative estimate of drug-likeness (QED) is 0.768. The van der Waals surface area contributed by atoms with Gasteiger partial charge in [-0.1, -0.05) is 6.08 Å². The van der Waals surface area contributed by atoms with Crippen LogP contribution in [0.25, 0.3) is 0 Å². The summed E-state index contributed by atoms with van der Waals surface area (Å²) in [6.07, 6.45) is 3.92. The van der Waals surface area contributed by atoms with E-state index in [0.717, 1.165) is 5.56 Å². The number of carboxylic acid groups (broad SMARTS) is 1. The molecule has 136 valence electrons. The van der Waals surface area contributed by atoms with Crippen molar-refractivity contribution in [1.29, 1.82) is 0 Å². The van der Waals surface area contributed by atoms with Gasteiger partial charge in [0.15, 0.2) is 11.5 Å². The van der Waals surface area contributed by atoms with E-state index in [0.29, 0.717) is 49.4 Å². The fourth-order valence-electron chi connectivity index (χ4n) is 3.24. The number of piperidine rings is 1. The van der Waals surface area contributed by atoms with E-state index in [1.807, 2.05) is 6.07 Å². The van der Waals surface area contributed by atoms with Crippen LogP contribution in [0, 0.1) is 5.92 Å². The van der Waals surface area contributed by atoms with Gasteiger partial charge >= 0.3 is 5.97 Å². The largest absolute Gasteiger partial charge is 0.493 e. The third-order valence-corrected chi connectivity index (χ3v) is 4.53. The van der Waals surface area contributed by atoms with Gasteiger partial charge in [0.1, 0.15) is 0 Å². The van der Waals surface area contributed by atoms with Crippen LogP contribution in [0.1, 0.15) is 35.2 Å². The monoisotopic (exact) mass is 347 g/mol. The predicted molar refractivity (Wildman–Crippen MR) is 94.3 cm³/mol. The number of aliphatic carboxylic acids is 1. The van der Waals surface area contributed by atoms with Crippen LogP contribution in [0.2, 0.25) is 0 Å². The standard InChI is InChI=1S/C19H25NO5/c1-4-5-14-11-15(12-16(24-2)18(14)25-3)19(23)20-8-6-13(7-9-20)10-17(21)22/h4,11-13H,1,5-10H2,2-3H3,(H,21,22). The molecule has 1 fully saturated rings. The maximum absolute atomic E-state index is 12.8. The molecular formula is C19H25NO5. The highest BCUT2D eigenvalue weighted by atomic mass is 16.5. The number of carboxylic acids is 1. The van der Waals surface area contributed by atoms with Crippen LogP contribution in [-0.2, 0) is 11.2 Å². The molecule has 1 saturated heterocycles. The van der Waals surface area contributed by atoms with Gasteiger partial charge in [0, 0.05) is 30.6 Å². The van der Waals surface area contributed by atoms with Gasteiger partial charge in [-0.05, 0) is 37.3 Å². The Morgan fingerprint density at radius 2 is 1.96 bits per heavy atom. The molecule has 1 heterocycles. The Balaban J connectivity index is 2.18. The van der Waals surface area contributed by atoms with E-state index in [1.54, 1.807) is 31.3 Å². The van der Waals surface area contributed by atoms with E-state index in [1.165, 1.54) is 0 Å². The summed E-state index contributed by atoms with van der Waals surface area (Å²) < 4.78 is 10.8. The normalized spacial score (nSPS) is 14.9. The molecule has 1 aromatic carbocycles. The Morgan fingerprint density at radius 3 is 2.48 bits per heavy atom. The minimum Gasteiger partial charge on any atom is -0.493 e. The Kier molecular flexibility index (Phi) is 6.44. The highest BCUT2D eigenvalue weighted by Gasteiger charge is 2.26. The highest BCUT2D eigenvalue weighted by Crippen LogP contribution is 2.34. The molecule has 0 aliphatic carbocycles. The van der Waals surface area contributed by atoms with Crippen molar-refractivity contribution in [2.75, 3.05) is 27.3 Å². The first-order valence-corrected chi connectivity index (χ1v) is 8.37. The van der Waals surface area contributed by atoms with Crippen molar-refractivity contribution in [2.45, 2.75) is 25.7 Å². The van der Waals surface area contributed by atoms with E-state index >= 15 is 0 Å². The van der Waals surface area contributed by atoms with Crippen molar-refractivity contribution in [3.05, 3.63) is 35.9 Å². The van der Waals surface area contributed by atoms with Gasteiger partial charge in [-0.3, -0.25) is 9.59 Å². The lowest BCUT2D eigenvalue weighted by Gasteiger charge is -2.31. The van der Waals surface area contributed by atoms with Crippen molar-refractivity contribution >= 4 is 11.9 Å². The highest BCUT2D eigenvalue weighted by molar-refractivity contribution is 5.95. The lowest BCUT2D eigenvalue weighted by Crippen LogP contribution is -2.39. The maximum atomic E-state index is 12.8. The summed E-state index contributed by atoms with van der Waals surface area (Å²) in [6, 6.07) is 3.51. The number of likely N-dealkylation sites (tertiary alicyclic amines) is 1. The number of amides is 1. The molecule has 0 bridgehead atoms. The molecule has 6 nitrogen and oxygen atoms in total. The number of ether oxygens (including phenoxy) is 2. The lowest BCUT2D eigenvalue weighted by atomic mass is 9.93. The number of benzene rings is 1. The van der Waals surface area contributed by atoms with E-state index in [4.69, 9.17) is 14.6 Å². The predicted octanol–water partition coefficient (Wildman–Crippen LogP) is 2.76. The molecule has 0 unspecified atom stereocenters. The van der Waals surface area contributed by atoms with Crippen molar-refractivity contribution in [3.8, 4) is 11.5 Å². The number of hydrogen-bond donors (Lipinski definition) is 1. The van der Waals surface area contributed by atoms with Gasteiger partial charge < -0.3 is 19.5 Å². The van der Waals surface area contributed by atoms with Gasteiger partial charge in [-0.2, -0.15) is 0 Å². The van der Waals surface area contributed by atoms with Gasteiger partial charge in [-0.25, -0.2) is 0 Å². The molecule has 1 N–H and O–H groups in total. The van der Waals surface area contributed by atoms with Gasteiger partial charge in [0.05, 0.1) is 14.2 Å². The van der Waals surface area contributed by atoms with Crippen LogP contribution < -0.4 is 9.47 Å². The number of rotatable bonds is 7. The van der Waals surface area contributed by atoms with E-state index in [9.17, 15) is 9.59 Å². The summed E-state index contributed by atoms with van der Waals surface area (Å²) in [7, 11) is 3.11. The fourth-order valence-corrected chi connectivity index (χ4v) is 3.24. The Hall–Kier alpha value is -2.50. The van der Waals surface area contributed by atoms with E-state index < -0.39 is 5.97 Å². The number of carbonyl (C=O) groups excluding carboxylic acids is 1. The fraction of sp³-hybridized carbons (Fsp3) is 0.474. The number of allylic oxidation sites excluding steroid dienone is 1. The van der Waals surface area contributed by atoms with Crippen LogP contribution in [0.15, 0.2) is 24.8 Å². The summed E-state index contributed by atoms with van der Waals surface area (Å²) in [5.41, 5.74) is 1.40. The molecular weight excluding hydrogens is 322 g/mol. The minimum absolute atomic E-state index is 0.0694. The molecule has 6 heteroatoms. The first kappa shape index (κ1) is 18.8. The Bertz CT molecular complexity index is 647. The second kappa shape index (κ2) is 8.55. The zero-order valence-corrected chi connectivity index (χ0v) is 14.8. The Labute approximate surface area is 148 Å². The van der Waals surface area contributed by atoms with E-state index in [2.05, 4.69) is 6.58 Å². The second-order valence-corrected chi connectivity index (χ2v) is 6.20. The molecule has 0 atom stereocenters. The molecule has 0 spiro atoms. The topological polar surface area (TPSA) is 76.1 Å². The number of hydrogen-bond acceptors (Lipinski definition) is 4. The van der Waals surface area contributed by atoms with Crippen molar-refractivity contribution in [1.82, 2.24) is 4.90 Å². The average molecular weight is 347 g/mol. The zero-order chi connectivity index (χ0) is 18.4. The third kappa shape index (κ3) is 4.53. The number of carbonyl (C=O) groups is 2. The molecule has 1 aromatic rings. The third-order valence-electron chi connectivity index (χ3n) is 4.53. The minimum atomic E-state index is -0.779. The smallest absolute Gasteiger partial charge is 0.303 e. The lowest BCUT2D eigenvalue weighted by molar-refractivity contribution is -0.138. The van der Waals surface area contributed by atoms with Crippen LogP contribution in [-0.4, -0.2) is 49.2 Å². The van der Waals surface area contributed by atoms with Crippen LogP contribution in [0.5, 0.6) is 11.5 Å². The first-order chi connectivity index (χ1) is 12.0. The molecule has 0 radical (unpaired) electrons. The van der Waals surface area contributed by atoms with E-state index in [-0.39, 0.29) is 18.2 Å².